The van der Waals surface area contributed by atoms with Gasteiger partial charge in [0.15, 0.2) is 5.69 Å². The highest BCUT2D eigenvalue weighted by molar-refractivity contribution is 7.16. The highest BCUT2D eigenvalue weighted by Gasteiger charge is 2.24. The van der Waals surface area contributed by atoms with E-state index in [1.165, 1.54) is 11.3 Å². The van der Waals surface area contributed by atoms with Gasteiger partial charge in [0.05, 0.1) is 17.2 Å². The van der Waals surface area contributed by atoms with Gasteiger partial charge in [-0.1, -0.05) is 48.9 Å². The maximum Gasteiger partial charge on any atom is 0.341 e. The Morgan fingerprint density at radius 1 is 1.28 bits per heavy atom. The summed E-state index contributed by atoms with van der Waals surface area (Å²) in [6, 6.07) is 11.7. The van der Waals surface area contributed by atoms with Crippen molar-refractivity contribution in [3.05, 3.63) is 69.3 Å². The van der Waals surface area contributed by atoms with Crippen molar-refractivity contribution >= 4 is 39.8 Å². The van der Waals surface area contributed by atoms with Gasteiger partial charge in [-0.2, -0.15) is 5.10 Å². The highest BCUT2D eigenvalue weighted by atomic mass is 35.5. The number of nitrogens with one attached hydrogen (secondary N) is 1. The Morgan fingerprint density at radius 3 is 2.62 bits per heavy atom. The lowest BCUT2D eigenvalue weighted by Gasteiger charge is -2.09. The Bertz CT molecular complexity index is 1010. The van der Waals surface area contributed by atoms with Crippen molar-refractivity contribution in [3.8, 4) is 0 Å². The highest BCUT2D eigenvalue weighted by Crippen LogP contribution is 2.37. The van der Waals surface area contributed by atoms with Crippen LogP contribution in [-0.2, 0) is 11.3 Å². The summed E-state index contributed by atoms with van der Waals surface area (Å²) in [4.78, 5) is 26.1. The van der Waals surface area contributed by atoms with Crippen molar-refractivity contribution in [1.29, 1.82) is 0 Å². The van der Waals surface area contributed by atoms with E-state index in [1.54, 1.807) is 23.9 Å². The zero-order valence-electron chi connectivity index (χ0n) is 16.4. The Balaban J connectivity index is 1.93. The fourth-order valence-corrected chi connectivity index (χ4v) is 4.22. The fraction of sp³-hybridized carbons (Fsp3) is 0.286. The molecule has 1 amide bonds. The van der Waals surface area contributed by atoms with Crippen LogP contribution in [0, 0.1) is 0 Å². The molecule has 3 rings (SSSR count). The summed E-state index contributed by atoms with van der Waals surface area (Å²) in [5.41, 5.74) is 1.56. The van der Waals surface area contributed by atoms with Crippen molar-refractivity contribution in [2.75, 3.05) is 11.9 Å². The predicted molar refractivity (Wildman–Crippen MR) is 115 cm³/mol. The van der Waals surface area contributed by atoms with E-state index in [1.807, 2.05) is 37.3 Å². The lowest BCUT2D eigenvalue weighted by molar-refractivity contribution is 0.0528. The third kappa shape index (κ3) is 4.68. The van der Waals surface area contributed by atoms with Crippen LogP contribution in [0.3, 0.4) is 0 Å². The quantitative estimate of drug-likeness (QED) is 0.522. The SMILES string of the molecule is CCOC(=O)c1cc(C(C)c2ccccc2)sc1NC(=O)c1nn(CC)cc1Cl. The van der Waals surface area contributed by atoms with Crippen molar-refractivity contribution in [1.82, 2.24) is 9.78 Å². The molecule has 0 saturated carbocycles. The molecule has 0 aliphatic rings. The molecule has 3 aromatic rings. The van der Waals surface area contributed by atoms with E-state index in [9.17, 15) is 9.59 Å². The number of aryl methyl sites for hydroxylation is 1. The maximum absolute atomic E-state index is 12.7. The molecule has 0 fully saturated rings. The van der Waals surface area contributed by atoms with E-state index in [-0.39, 0.29) is 23.2 Å². The number of nitrogens with zero attached hydrogens (tertiary/aromatic N) is 2. The largest absolute Gasteiger partial charge is 0.462 e. The number of benzene rings is 1. The monoisotopic (exact) mass is 431 g/mol. The van der Waals surface area contributed by atoms with Gasteiger partial charge in [0, 0.05) is 23.5 Å². The van der Waals surface area contributed by atoms with Gasteiger partial charge in [-0.25, -0.2) is 4.79 Å². The number of rotatable bonds is 7. The van der Waals surface area contributed by atoms with Gasteiger partial charge in [-0.15, -0.1) is 11.3 Å². The molecule has 152 valence electrons. The molecule has 0 bridgehead atoms. The van der Waals surface area contributed by atoms with Crippen LogP contribution < -0.4 is 5.32 Å². The number of anilines is 1. The molecule has 2 heterocycles. The number of aromatic nitrogens is 2. The van der Waals surface area contributed by atoms with Gasteiger partial charge in [0.2, 0.25) is 0 Å². The number of ether oxygens (including phenoxy) is 1. The third-order valence-electron chi connectivity index (χ3n) is 4.46. The Labute approximate surface area is 178 Å². The normalized spacial score (nSPS) is 11.9. The number of hydrogen-bond donors (Lipinski definition) is 1. The van der Waals surface area contributed by atoms with Gasteiger partial charge < -0.3 is 10.1 Å². The molecule has 1 unspecified atom stereocenters. The van der Waals surface area contributed by atoms with E-state index in [0.29, 0.717) is 17.1 Å². The van der Waals surface area contributed by atoms with Crippen LogP contribution in [0.4, 0.5) is 5.00 Å². The summed E-state index contributed by atoms with van der Waals surface area (Å²) in [7, 11) is 0. The molecule has 1 N–H and O–H groups in total. The van der Waals surface area contributed by atoms with Crippen molar-refractivity contribution < 1.29 is 14.3 Å². The Kier molecular flexibility index (Phi) is 6.71. The van der Waals surface area contributed by atoms with Crippen LogP contribution in [-0.4, -0.2) is 28.3 Å². The second-order valence-corrected chi connectivity index (χ2v) is 7.87. The number of halogens is 1. The van der Waals surface area contributed by atoms with E-state index in [0.717, 1.165) is 10.4 Å². The molecule has 0 radical (unpaired) electrons. The predicted octanol–water partition coefficient (Wildman–Crippen LogP) is 5.20. The van der Waals surface area contributed by atoms with Crippen LogP contribution in [0.15, 0.2) is 42.6 Å². The molecule has 6 nitrogen and oxygen atoms in total. The number of thiophene rings is 1. The van der Waals surface area contributed by atoms with Gasteiger partial charge in [0.1, 0.15) is 5.00 Å². The zero-order chi connectivity index (χ0) is 21.0. The van der Waals surface area contributed by atoms with Gasteiger partial charge in [-0.05, 0) is 25.5 Å². The molecule has 0 spiro atoms. The van der Waals surface area contributed by atoms with E-state index in [4.69, 9.17) is 16.3 Å². The maximum atomic E-state index is 12.7. The summed E-state index contributed by atoms with van der Waals surface area (Å²) >= 11 is 7.49. The number of amides is 1. The molecule has 8 heteroatoms. The number of carbonyl (C=O) groups excluding carboxylic acids is 2. The van der Waals surface area contributed by atoms with Crippen LogP contribution in [0.1, 0.15) is 58.0 Å². The number of esters is 1. The summed E-state index contributed by atoms with van der Waals surface area (Å²) < 4.78 is 6.75. The first-order valence-corrected chi connectivity index (χ1v) is 10.5. The molecule has 0 aliphatic carbocycles. The third-order valence-corrected chi connectivity index (χ3v) is 5.97. The van der Waals surface area contributed by atoms with E-state index in [2.05, 4.69) is 17.3 Å². The minimum atomic E-state index is -0.476. The molecule has 0 aliphatic heterocycles. The molecule has 29 heavy (non-hydrogen) atoms. The molecule has 0 saturated heterocycles. The van der Waals surface area contributed by atoms with Crippen molar-refractivity contribution in [2.45, 2.75) is 33.2 Å². The van der Waals surface area contributed by atoms with Crippen LogP contribution in [0.25, 0.3) is 0 Å². The molecular weight excluding hydrogens is 410 g/mol. The zero-order valence-corrected chi connectivity index (χ0v) is 18.0. The first-order chi connectivity index (χ1) is 13.9. The number of hydrogen-bond acceptors (Lipinski definition) is 5. The lowest BCUT2D eigenvalue weighted by Crippen LogP contribution is -2.15. The Morgan fingerprint density at radius 2 is 2.00 bits per heavy atom. The van der Waals surface area contributed by atoms with Crippen molar-refractivity contribution in [2.24, 2.45) is 0 Å². The summed E-state index contributed by atoms with van der Waals surface area (Å²) in [5, 5.41) is 7.66. The minimum absolute atomic E-state index is 0.0583. The average molecular weight is 432 g/mol. The topological polar surface area (TPSA) is 73.2 Å². The molecule has 1 aromatic carbocycles. The molecule has 1 atom stereocenters. The van der Waals surface area contributed by atoms with Crippen LogP contribution in [0.5, 0.6) is 0 Å². The summed E-state index contributed by atoms with van der Waals surface area (Å²) in [6.07, 6.45) is 1.60. The summed E-state index contributed by atoms with van der Waals surface area (Å²) in [5.74, 6) is -0.882. The van der Waals surface area contributed by atoms with Gasteiger partial charge >= 0.3 is 5.97 Å². The van der Waals surface area contributed by atoms with Crippen LogP contribution in [0.2, 0.25) is 5.02 Å². The standard InChI is InChI=1S/C21H22ClN3O3S/c1-4-25-12-16(22)18(24-25)19(26)23-20-15(21(27)28-5-2)11-17(29-20)13(3)14-9-7-6-8-10-14/h6-13H,4-5H2,1-3H3,(H,23,26). The van der Waals surface area contributed by atoms with E-state index < -0.39 is 11.9 Å². The van der Waals surface area contributed by atoms with Crippen LogP contribution >= 0.6 is 22.9 Å². The van der Waals surface area contributed by atoms with Gasteiger partial charge in [-0.3, -0.25) is 9.48 Å². The first kappa shape index (κ1) is 21.1. The Hall–Kier alpha value is -2.64. The lowest BCUT2D eigenvalue weighted by atomic mass is 9.99. The smallest absolute Gasteiger partial charge is 0.341 e. The first-order valence-electron chi connectivity index (χ1n) is 9.34. The number of carbonyl (C=O) groups is 2. The van der Waals surface area contributed by atoms with E-state index >= 15 is 0 Å². The minimum Gasteiger partial charge on any atom is -0.462 e. The second-order valence-electron chi connectivity index (χ2n) is 6.38. The molecular formula is C21H22ClN3O3S. The summed E-state index contributed by atoms with van der Waals surface area (Å²) in [6.45, 7) is 6.55. The van der Waals surface area contributed by atoms with Crippen molar-refractivity contribution in [3.63, 3.8) is 0 Å². The second kappa shape index (κ2) is 9.24. The molecule has 2 aromatic heterocycles. The fourth-order valence-electron chi connectivity index (χ4n) is 2.86. The average Bonchev–Trinajstić information content (AvgIpc) is 3.31. The van der Waals surface area contributed by atoms with Gasteiger partial charge in [0.25, 0.3) is 5.91 Å².